The van der Waals surface area contributed by atoms with Crippen molar-refractivity contribution in [2.45, 2.75) is 43.8 Å². The van der Waals surface area contributed by atoms with E-state index >= 15 is 0 Å². The van der Waals surface area contributed by atoms with E-state index in [9.17, 15) is 9.18 Å². The molecule has 4 nitrogen and oxygen atoms in total. The van der Waals surface area contributed by atoms with Crippen LogP contribution >= 0.6 is 24.8 Å². The van der Waals surface area contributed by atoms with Crippen molar-refractivity contribution in [1.29, 1.82) is 0 Å². The van der Waals surface area contributed by atoms with Crippen LogP contribution in [-0.4, -0.2) is 29.0 Å². The number of aromatic nitrogens is 1. The molecule has 3 aromatic rings. The van der Waals surface area contributed by atoms with E-state index in [0.29, 0.717) is 23.3 Å². The fourth-order valence-electron chi connectivity index (χ4n) is 4.57. The van der Waals surface area contributed by atoms with Gasteiger partial charge >= 0.3 is 0 Å². The van der Waals surface area contributed by atoms with Gasteiger partial charge in [-0.25, -0.2) is 9.37 Å². The van der Waals surface area contributed by atoms with Gasteiger partial charge in [0.1, 0.15) is 5.82 Å². The first-order valence-electron chi connectivity index (χ1n) is 9.88. The van der Waals surface area contributed by atoms with Crippen LogP contribution < -0.4 is 10.6 Å². The smallest absolute Gasteiger partial charge is 0.252 e. The first-order valence-corrected chi connectivity index (χ1v) is 9.88. The molecule has 2 aliphatic heterocycles. The molecule has 2 saturated heterocycles. The Bertz CT molecular complexity index is 1030. The van der Waals surface area contributed by atoms with Crippen LogP contribution in [0.25, 0.3) is 22.2 Å². The standard InChI is InChI=1S/C23H22FN3O.2ClH/c24-15-7-5-14(6-8-15)22-13-20(19-3-1-2-4-21(19)27-22)23(28)26-18-11-16-9-10-17(12-18)25-16;;/h1-8,13,16-18,25H,9-12H2,(H,26,28);2*1H. The van der Waals surface area contributed by atoms with Crippen LogP contribution in [0.15, 0.2) is 54.6 Å². The van der Waals surface area contributed by atoms with Gasteiger partial charge in [-0.1, -0.05) is 18.2 Å². The summed E-state index contributed by atoms with van der Waals surface area (Å²) in [4.78, 5) is 17.9. The van der Waals surface area contributed by atoms with Gasteiger partial charge in [0.25, 0.3) is 5.91 Å². The minimum absolute atomic E-state index is 0. The summed E-state index contributed by atoms with van der Waals surface area (Å²) in [7, 11) is 0. The zero-order valence-electron chi connectivity index (χ0n) is 16.3. The molecule has 7 heteroatoms. The lowest BCUT2D eigenvalue weighted by Crippen LogP contribution is -2.48. The van der Waals surface area contributed by atoms with E-state index in [1.165, 1.54) is 25.0 Å². The molecule has 2 aromatic carbocycles. The highest BCUT2D eigenvalue weighted by atomic mass is 35.5. The van der Waals surface area contributed by atoms with Gasteiger partial charge in [-0.3, -0.25) is 4.79 Å². The van der Waals surface area contributed by atoms with Gasteiger partial charge in [0.2, 0.25) is 0 Å². The van der Waals surface area contributed by atoms with Gasteiger partial charge < -0.3 is 10.6 Å². The lowest BCUT2D eigenvalue weighted by molar-refractivity contribution is 0.0925. The second-order valence-electron chi connectivity index (χ2n) is 7.86. The van der Waals surface area contributed by atoms with Crippen molar-refractivity contribution in [1.82, 2.24) is 15.6 Å². The molecule has 2 aliphatic rings. The molecule has 2 bridgehead atoms. The number of piperidine rings is 1. The fraction of sp³-hybridized carbons (Fsp3) is 0.304. The molecular weight excluding hydrogens is 424 g/mol. The number of pyridine rings is 1. The van der Waals surface area contributed by atoms with Crippen molar-refractivity contribution < 1.29 is 9.18 Å². The maximum Gasteiger partial charge on any atom is 0.252 e. The number of carbonyl (C=O) groups excluding carboxylic acids is 1. The number of fused-ring (bicyclic) bond motifs is 3. The van der Waals surface area contributed by atoms with Crippen molar-refractivity contribution in [3.05, 3.63) is 66.0 Å². The average molecular weight is 448 g/mol. The van der Waals surface area contributed by atoms with E-state index in [-0.39, 0.29) is 42.6 Å². The lowest BCUT2D eigenvalue weighted by Gasteiger charge is -2.29. The monoisotopic (exact) mass is 447 g/mol. The predicted molar refractivity (Wildman–Crippen MR) is 122 cm³/mol. The van der Waals surface area contributed by atoms with Crippen LogP contribution in [0.1, 0.15) is 36.0 Å². The third-order valence-corrected chi connectivity index (χ3v) is 5.91. The molecule has 0 saturated carbocycles. The molecule has 5 rings (SSSR count). The second kappa shape index (κ2) is 9.29. The zero-order chi connectivity index (χ0) is 19.1. The van der Waals surface area contributed by atoms with Crippen LogP contribution in [-0.2, 0) is 0 Å². The number of hydrogen-bond acceptors (Lipinski definition) is 3. The lowest BCUT2D eigenvalue weighted by atomic mass is 9.98. The van der Waals surface area contributed by atoms with Gasteiger partial charge in [0.05, 0.1) is 16.8 Å². The summed E-state index contributed by atoms with van der Waals surface area (Å²) in [5.41, 5.74) is 2.85. The first kappa shape index (κ1) is 22.5. The van der Waals surface area contributed by atoms with Crippen LogP contribution in [0.5, 0.6) is 0 Å². The average Bonchev–Trinajstić information content (AvgIpc) is 3.05. The highest BCUT2D eigenvalue weighted by molar-refractivity contribution is 6.07. The van der Waals surface area contributed by atoms with Gasteiger partial charge in [-0.2, -0.15) is 0 Å². The van der Waals surface area contributed by atoms with Crippen LogP contribution in [0.4, 0.5) is 4.39 Å². The van der Waals surface area contributed by atoms with E-state index in [2.05, 4.69) is 15.6 Å². The third-order valence-electron chi connectivity index (χ3n) is 5.91. The van der Waals surface area contributed by atoms with E-state index < -0.39 is 0 Å². The van der Waals surface area contributed by atoms with E-state index in [1.807, 2.05) is 30.3 Å². The molecule has 0 spiro atoms. The molecule has 0 radical (unpaired) electrons. The van der Waals surface area contributed by atoms with Gasteiger partial charge in [-0.05, 0) is 62.1 Å². The summed E-state index contributed by atoms with van der Waals surface area (Å²) < 4.78 is 13.3. The number of halogens is 3. The summed E-state index contributed by atoms with van der Waals surface area (Å²) in [6.45, 7) is 0. The Balaban J connectivity index is 0.00000128. The Morgan fingerprint density at radius 2 is 1.67 bits per heavy atom. The summed E-state index contributed by atoms with van der Waals surface area (Å²) in [5, 5.41) is 7.69. The molecule has 1 amide bonds. The highest BCUT2D eigenvalue weighted by Gasteiger charge is 2.34. The summed E-state index contributed by atoms with van der Waals surface area (Å²) >= 11 is 0. The SMILES string of the molecule is Cl.Cl.O=C(NC1CC2CCC(C1)N2)c1cc(-c2ccc(F)cc2)nc2ccccc12. The Morgan fingerprint density at radius 3 is 2.37 bits per heavy atom. The Hall–Kier alpha value is -2.21. The number of benzene rings is 2. The Kier molecular flexibility index (Phi) is 6.96. The molecule has 158 valence electrons. The number of rotatable bonds is 3. The number of amides is 1. The van der Waals surface area contributed by atoms with Gasteiger partial charge in [0, 0.05) is 29.1 Å². The number of hydrogen-bond donors (Lipinski definition) is 2. The molecule has 1 aromatic heterocycles. The van der Waals surface area contributed by atoms with Crippen LogP contribution in [0.3, 0.4) is 0 Å². The molecule has 2 unspecified atom stereocenters. The topological polar surface area (TPSA) is 54.0 Å². The third kappa shape index (κ3) is 4.43. The largest absolute Gasteiger partial charge is 0.349 e. The normalized spacial score (nSPS) is 22.1. The molecule has 0 aliphatic carbocycles. The maximum absolute atomic E-state index is 13.3. The minimum Gasteiger partial charge on any atom is -0.349 e. The molecule has 3 heterocycles. The van der Waals surface area contributed by atoms with Crippen molar-refractivity contribution >= 4 is 41.6 Å². The van der Waals surface area contributed by atoms with Crippen molar-refractivity contribution in [2.75, 3.05) is 0 Å². The van der Waals surface area contributed by atoms with Crippen molar-refractivity contribution in [2.24, 2.45) is 0 Å². The summed E-state index contributed by atoms with van der Waals surface area (Å²) in [6.07, 6.45) is 4.36. The minimum atomic E-state index is -0.289. The number of carbonyl (C=O) groups is 1. The molecular formula is C23H24Cl2FN3O. The summed E-state index contributed by atoms with van der Waals surface area (Å²) in [5.74, 6) is -0.351. The Morgan fingerprint density at radius 1 is 1.00 bits per heavy atom. The van der Waals surface area contributed by atoms with Gasteiger partial charge in [-0.15, -0.1) is 24.8 Å². The molecule has 30 heavy (non-hydrogen) atoms. The van der Waals surface area contributed by atoms with Crippen molar-refractivity contribution in [3.8, 4) is 11.3 Å². The quantitative estimate of drug-likeness (QED) is 0.600. The molecule has 2 fully saturated rings. The first-order chi connectivity index (χ1) is 13.7. The van der Waals surface area contributed by atoms with Crippen molar-refractivity contribution in [3.63, 3.8) is 0 Å². The fourth-order valence-corrected chi connectivity index (χ4v) is 4.57. The maximum atomic E-state index is 13.3. The highest BCUT2D eigenvalue weighted by Crippen LogP contribution is 2.28. The number of para-hydroxylation sites is 1. The van der Waals surface area contributed by atoms with Crippen LogP contribution in [0, 0.1) is 5.82 Å². The summed E-state index contributed by atoms with van der Waals surface area (Å²) in [6, 6.07) is 16.9. The number of nitrogens with zero attached hydrogens (tertiary/aromatic N) is 1. The van der Waals surface area contributed by atoms with Crippen LogP contribution in [0.2, 0.25) is 0 Å². The zero-order valence-corrected chi connectivity index (χ0v) is 17.9. The second-order valence-corrected chi connectivity index (χ2v) is 7.86. The number of nitrogens with one attached hydrogen (secondary N) is 2. The Labute approximate surface area is 187 Å². The molecule has 2 atom stereocenters. The predicted octanol–water partition coefficient (Wildman–Crippen LogP) is 4.90. The van der Waals surface area contributed by atoms with E-state index in [0.717, 1.165) is 29.3 Å². The van der Waals surface area contributed by atoms with E-state index in [1.54, 1.807) is 12.1 Å². The van der Waals surface area contributed by atoms with Gasteiger partial charge in [0.15, 0.2) is 0 Å². The molecule has 2 N–H and O–H groups in total. The van der Waals surface area contributed by atoms with E-state index in [4.69, 9.17) is 0 Å².